The van der Waals surface area contributed by atoms with Crippen molar-refractivity contribution in [1.29, 1.82) is 0 Å². The monoisotopic (exact) mass is 544 g/mol. The van der Waals surface area contributed by atoms with Gasteiger partial charge in [-0.05, 0) is 73.4 Å². The summed E-state index contributed by atoms with van der Waals surface area (Å²) in [5.41, 5.74) is 6.97. The van der Waals surface area contributed by atoms with Crippen molar-refractivity contribution in [3.8, 4) is 22.8 Å². The first kappa shape index (κ1) is 26.9. The summed E-state index contributed by atoms with van der Waals surface area (Å²) in [4.78, 5) is 31.3. The van der Waals surface area contributed by atoms with Gasteiger partial charge in [0.05, 0.1) is 25.1 Å². The summed E-state index contributed by atoms with van der Waals surface area (Å²) < 4.78 is 14.7. The molecule has 4 aromatic rings. The van der Waals surface area contributed by atoms with Crippen molar-refractivity contribution in [2.75, 3.05) is 20.3 Å². The van der Waals surface area contributed by atoms with E-state index < -0.39 is 5.91 Å². The second-order valence-electron chi connectivity index (χ2n) is 9.68. The number of H-pyrrole nitrogens is 1. The Morgan fingerprint density at radius 1 is 1.12 bits per heavy atom. The maximum Gasteiger partial charge on any atom is 0.330 e. The number of amides is 1. The van der Waals surface area contributed by atoms with Crippen LogP contribution in [0.2, 0.25) is 0 Å². The largest absolute Gasteiger partial charge is 0.493 e. The van der Waals surface area contributed by atoms with Crippen molar-refractivity contribution in [3.63, 3.8) is 0 Å². The van der Waals surface area contributed by atoms with E-state index in [0.29, 0.717) is 36.6 Å². The molecule has 2 aromatic heterocycles. The molecule has 0 saturated heterocycles. The molecule has 12 nitrogen and oxygen atoms in total. The van der Waals surface area contributed by atoms with Crippen LogP contribution in [0.5, 0.6) is 11.5 Å². The molecule has 2 N–H and O–H groups in total. The highest BCUT2D eigenvalue weighted by atomic mass is 16.5. The molecule has 0 unspecified atom stereocenters. The molecule has 0 fully saturated rings. The topological polar surface area (TPSA) is 141 Å². The van der Waals surface area contributed by atoms with Gasteiger partial charge in [0.2, 0.25) is 5.82 Å². The van der Waals surface area contributed by atoms with Crippen LogP contribution in [0.4, 0.5) is 5.69 Å². The van der Waals surface area contributed by atoms with Crippen molar-refractivity contribution in [1.82, 2.24) is 35.1 Å². The molecule has 0 bridgehead atoms. The van der Waals surface area contributed by atoms with Gasteiger partial charge in [0.15, 0.2) is 11.5 Å². The number of tetrazole rings is 1. The molecule has 0 saturated carbocycles. The van der Waals surface area contributed by atoms with Gasteiger partial charge in [-0.2, -0.15) is 0 Å². The number of nitrogens with one attached hydrogen (secondary N) is 2. The van der Waals surface area contributed by atoms with Crippen LogP contribution in [-0.4, -0.2) is 55.9 Å². The Hall–Kier alpha value is -4.74. The van der Waals surface area contributed by atoms with E-state index in [2.05, 4.69) is 38.1 Å². The third-order valence-corrected chi connectivity index (χ3v) is 6.91. The van der Waals surface area contributed by atoms with E-state index in [4.69, 9.17) is 14.5 Å². The molecule has 0 radical (unpaired) electrons. The fourth-order valence-electron chi connectivity index (χ4n) is 5.16. The average molecular weight is 545 g/mol. The second kappa shape index (κ2) is 11.2. The summed E-state index contributed by atoms with van der Waals surface area (Å²) in [6, 6.07) is 9.99. The molecule has 2 aromatic carbocycles. The number of ether oxygens (including phenoxy) is 2. The first-order valence-corrected chi connectivity index (χ1v) is 13.1. The number of benzene rings is 2. The molecule has 0 aliphatic carbocycles. The lowest BCUT2D eigenvalue weighted by molar-refractivity contribution is 0.0941. The first-order valence-electron chi connectivity index (χ1n) is 13.1. The van der Waals surface area contributed by atoms with E-state index in [9.17, 15) is 9.59 Å². The van der Waals surface area contributed by atoms with Crippen LogP contribution in [-0.2, 0) is 19.5 Å². The number of aromatic nitrogens is 6. The minimum Gasteiger partial charge on any atom is -0.493 e. The lowest BCUT2D eigenvalue weighted by Gasteiger charge is -2.25. The van der Waals surface area contributed by atoms with Crippen molar-refractivity contribution in [2.45, 2.75) is 47.2 Å². The smallest absolute Gasteiger partial charge is 0.330 e. The van der Waals surface area contributed by atoms with Gasteiger partial charge in [-0.25, -0.2) is 14.9 Å². The number of hydrogen-bond acceptors (Lipinski definition) is 8. The standard InChI is InChI=1S/C28H32N8O4/c1-6-40-23-13-19-7-9-35-21(20(19)14-22(23)39-5)15-24(30-25-17(3)11-16(2)12-18(25)4)36(28(35)38)10-8-29-27(37)26-31-33-34-32-26/h11-15H,6-10H2,1-5H3,(H,29,37)(H,31,32,33,34)/b30-24+. The zero-order valence-corrected chi connectivity index (χ0v) is 23.2. The molecule has 1 aliphatic rings. The zero-order valence-electron chi connectivity index (χ0n) is 23.2. The van der Waals surface area contributed by atoms with Crippen LogP contribution in [0.1, 0.15) is 39.8 Å². The maximum atomic E-state index is 13.9. The van der Waals surface area contributed by atoms with Gasteiger partial charge in [-0.1, -0.05) is 17.7 Å². The number of fused-ring (bicyclic) bond motifs is 3. The van der Waals surface area contributed by atoms with Crippen LogP contribution in [0.15, 0.2) is 40.1 Å². The Morgan fingerprint density at radius 3 is 2.58 bits per heavy atom. The van der Waals surface area contributed by atoms with E-state index in [0.717, 1.165) is 39.2 Å². The molecule has 208 valence electrons. The fraction of sp³-hybridized carbons (Fsp3) is 0.357. The Bertz CT molecular complexity index is 1680. The van der Waals surface area contributed by atoms with Gasteiger partial charge in [-0.15, -0.1) is 5.10 Å². The summed E-state index contributed by atoms with van der Waals surface area (Å²) in [5.74, 6) is 0.823. The minimum absolute atomic E-state index is 0.0000417. The summed E-state index contributed by atoms with van der Waals surface area (Å²) in [5, 5.41) is 15.7. The molecule has 3 heterocycles. The summed E-state index contributed by atoms with van der Waals surface area (Å²) >= 11 is 0. The summed E-state index contributed by atoms with van der Waals surface area (Å²) in [7, 11) is 1.60. The molecule has 5 rings (SSSR count). The molecule has 1 amide bonds. The number of methoxy groups -OCH3 is 1. The molecule has 0 atom stereocenters. The van der Waals surface area contributed by atoms with Gasteiger partial charge in [0.1, 0.15) is 5.49 Å². The molecular weight excluding hydrogens is 512 g/mol. The minimum atomic E-state index is -0.460. The van der Waals surface area contributed by atoms with Crippen molar-refractivity contribution < 1.29 is 14.3 Å². The maximum absolute atomic E-state index is 13.9. The molecule has 0 spiro atoms. The summed E-state index contributed by atoms with van der Waals surface area (Å²) in [6.45, 7) is 9.39. The normalized spacial score (nSPS) is 12.6. The van der Waals surface area contributed by atoms with Crippen LogP contribution < -0.4 is 26.0 Å². The van der Waals surface area contributed by atoms with Crippen LogP contribution in [0.3, 0.4) is 0 Å². The Kier molecular flexibility index (Phi) is 7.50. The number of hydrogen-bond donors (Lipinski definition) is 2. The van der Waals surface area contributed by atoms with Crippen LogP contribution in [0.25, 0.3) is 11.3 Å². The summed E-state index contributed by atoms with van der Waals surface area (Å²) in [6.07, 6.45) is 0.661. The van der Waals surface area contributed by atoms with Gasteiger partial charge in [0, 0.05) is 31.3 Å². The lowest BCUT2D eigenvalue weighted by atomic mass is 9.97. The number of aromatic amines is 1. The molecule has 12 heteroatoms. The average Bonchev–Trinajstić information content (AvgIpc) is 3.47. The van der Waals surface area contributed by atoms with Crippen LogP contribution in [0, 0.1) is 20.8 Å². The van der Waals surface area contributed by atoms with Crippen molar-refractivity contribution in [2.24, 2.45) is 4.99 Å². The highest BCUT2D eigenvalue weighted by Crippen LogP contribution is 2.37. The Balaban J connectivity index is 1.64. The van der Waals surface area contributed by atoms with E-state index in [1.807, 2.05) is 45.9 Å². The SMILES string of the molecule is CCOc1cc2c(cc1OC)-c1c/c(=N\c3c(C)cc(C)cc3C)n(CCNC(=O)c3nnn[nH]3)c(=O)n1CC2. The highest BCUT2D eigenvalue weighted by molar-refractivity contribution is 5.89. The van der Waals surface area contributed by atoms with Gasteiger partial charge in [0.25, 0.3) is 5.91 Å². The third-order valence-electron chi connectivity index (χ3n) is 6.91. The lowest BCUT2D eigenvalue weighted by Crippen LogP contribution is -2.44. The van der Waals surface area contributed by atoms with Crippen LogP contribution >= 0.6 is 0 Å². The Labute approximate surface area is 230 Å². The number of nitrogens with zero attached hydrogens (tertiary/aromatic N) is 6. The van der Waals surface area contributed by atoms with E-state index in [1.165, 1.54) is 0 Å². The molecular formula is C28H32N8O4. The van der Waals surface area contributed by atoms with E-state index in [1.54, 1.807) is 16.2 Å². The van der Waals surface area contributed by atoms with Crippen molar-refractivity contribution in [3.05, 3.63) is 74.4 Å². The Morgan fingerprint density at radius 2 is 1.90 bits per heavy atom. The third kappa shape index (κ3) is 5.12. The highest BCUT2D eigenvalue weighted by Gasteiger charge is 2.23. The molecule has 1 aliphatic heterocycles. The first-order chi connectivity index (χ1) is 19.3. The second-order valence-corrected chi connectivity index (χ2v) is 9.68. The van der Waals surface area contributed by atoms with E-state index >= 15 is 0 Å². The zero-order chi connectivity index (χ0) is 28.4. The molecule has 40 heavy (non-hydrogen) atoms. The number of carbonyl (C=O) groups is 1. The van der Waals surface area contributed by atoms with E-state index in [-0.39, 0.29) is 24.6 Å². The number of aryl methyl sites for hydroxylation is 4. The number of carbonyl (C=O) groups excluding carboxylic acids is 1. The predicted octanol–water partition coefficient (Wildman–Crippen LogP) is 2.38. The quantitative estimate of drug-likeness (QED) is 0.347. The fourth-order valence-corrected chi connectivity index (χ4v) is 5.16. The number of rotatable bonds is 8. The predicted molar refractivity (Wildman–Crippen MR) is 148 cm³/mol. The van der Waals surface area contributed by atoms with Gasteiger partial charge >= 0.3 is 5.69 Å². The van der Waals surface area contributed by atoms with Gasteiger partial charge in [-0.3, -0.25) is 13.9 Å². The van der Waals surface area contributed by atoms with Crippen molar-refractivity contribution >= 4 is 11.6 Å². The van der Waals surface area contributed by atoms with Gasteiger partial charge < -0.3 is 14.8 Å².